The molecule has 0 amide bonds. The Labute approximate surface area is 89.1 Å². The van der Waals surface area contributed by atoms with Crippen LogP contribution < -0.4 is 5.23 Å². The summed E-state index contributed by atoms with van der Waals surface area (Å²) in [6.07, 6.45) is 11.7. The van der Waals surface area contributed by atoms with Crippen LogP contribution in [0, 0.1) is 0 Å². The zero-order valence-corrected chi connectivity index (χ0v) is 9.60. The van der Waals surface area contributed by atoms with E-state index < -0.39 is 0 Å². The number of nitrogens with one attached hydrogen (secondary N) is 1. The van der Waals surface area contributed by atoms with Crippen LogP contribution in [0.2, 0.25) is 11.6 Å². The molecule has 1 N–H and O–H groups in total. The zero-order chi connectivity index (χ0) is 9.80. The van der Waals surface area contributed by atoms with E-state index in [9.17, 15) is 0 Å². The lowest BCUT2D eigenvalue weighted by Crippen LogP contribution is -2.46. The second-order valence-electron chi connectivity index (χ2n) is 5.22. The number of fused-ring (bicyclic) bond motifs is 2. The zero-order valence-electron chi connectivity index (χ0n) is 9.60. The lowest BCUT2D eigenvalue weighted by Gasteiger charge is -2.40. The maximum Gasteiger partial charge on any atom is 0.226 e. The second-order valence-corrected chi connectivity index (χ2v) is 5.22. The van der Waals surface area contributed by atoms with Crippen molar-refractivity contribution in [3.05, 3.63) is 0 Å². The maximum absolute atomic E-state index is 3.82. The fourth-order valence-electron chi connectivity index (χ4n) is 3.46. The summed E-state index contributed by atoms with van der Waals surface area (Å²) < 4.78 is 0. The van der Waals surface area contributed by atoms with Crippen molar-refractivity contribution in [3.8, 4) is 0 Å². The largest absolute Gasteiger partial charge is 0.355 e. The molecule has 0 saturated carbocycles. The number of unbranched alkanes of at least 4 members (excludes halogenated alkanes) is 1. The van der Waals surface area contributed by atoms with Gasteiger partial charge in [0.2, 0.25) is 6.85 Å². The van der Waals surface area contributed by atoms with Crippen LogP contribution in [0.25, 0.3) is 0 Å². The van der Waals surface area contributed by atoms with Gasteiger partial charge in [-0.3, -0.25) is 0 Å². The topological polar surface area (TPSA) is 12.0 Å². The highest BCUT2D eigenvalue weighted by Gasteiger charge is 2.38. The second kappa shape index (κ2) is 5.20. The summed E-state index contributed by atoms with van der Waals surface area (Å²) in [5, 5.41) is 3.82. The van der Waals surface area contributed by atoms with Crippen LogP contribution in [0.15, 0.2) is 0 Å². The molecule has 2 saturated heterocycles. The first-order valence-corrected chi connectivity index (χ1v) is 6.65. The molecule has 1 nitrogen and oxygen atoms in total. The third kappa shape index (κ3) is 2.33. The molecule has 80 valence electrons. The predicted molar refractivity (Wildman–Crippen MR) is 63.9 cm³/mol. The molecule has 2 fully saturated rings. The quantitative estimate of drug-likeness (QED) is 0.532. The van der Waals surface area contributed by atoms with Gasteiger partial charge in [0.05, 0.1) is 0 Å². The molecule has 0 unspecified atom stereocenters. The van der Waals surface area contributed by atoms with Crippen molar-refractivity contribution >= 4 is 6.85 Å². The highest BCUT2D eigenvalue weighted by molar-refractivity contribution is 6.60. The molecule has 2 heterocycles. The molecule has 2 bridgehead atoms. The SMILES string of the molecule is CCCCNB1C2CCCC1CCC2. The summed E-state index contributed by atoms with van der Waals surface area (Å²) in [5.41, 5.74) is 0. The van der Waals surface area contributed by atoms with E-state index in [0.717, 1.165) is 18.5 Å². The Hall–Kier alpha value is 0.0249. The lowest BCUT2D eigenvalue weighted by atomic mass is 9.34. The Morgan fingerprint density at radius 2 is 1.64 bits per heavy atom. The van der Waals surface area contributed by atoms with Crippen molar-refractivity contribution in [1.29, 1.82) is 0 Å². The molecule has 0 aliphatic carbocycles. The van der Waals surface area contributed by atoms with E-state index in [1.54, 1.807) is 0 Å². The highest BCUT2D eigenvalue weighted by atomic mass is 14.8. The first kappa shape index (κ1) is 10.5. The first-order valence-electron chi connectivity index (χ1n) is 6.65. The lowest BCUT2D eigenvalue weighted by molar-refractivity contribution is 0.433. The van der Waals surface area contributed by atoms with Gasteiger partial charge in [-0.25, -0.2) is 0 Å². The van der Waals surface area contributed by atoms with Crippen LogP contribution in [0.5, 0.6) is 0 Å². The van der Waals surface area contributed by atoms with Gasteiger partial charge in [0.25, 0.3) is 0 Å². The molecule has 14 heavy (non-hydrogen) atoms. The molecular formula is C12H24BN. The van der Waals surface area contributed by atoms with E-state index in [4.69, 9.17) is 0 Å². The van der Waals surface area contributed by atoms with E-state index in [2.05, 4.69) is 12.2 Å². The standard InChI is InChI=1S/C12H24BN/c1-2-3-10-14-13-11-6-4-7-12(13)9-5-8-11/h11-12,14H,2-10H2,1H3. The normalized spacial score (nSPS) is 31.9. The number of hydrogen-bond donors (Lipinski definition) is 1. The molecule has 0 aromatic heterocycles. The summed E-state index contributed by atoms with van der Waals surface area (Å²) in [6.45, 7) is 4.43. The number of hydrogen-bond acceptors (Lipinski definition) is 1. The van der Waals surface area contributed by atoms with Crippen molar-refractivity contribution in [3.63, 3.8) is 0 Å². The van der Waals surface area contributed by atoms with E-state index in [-0.39, 0.29) is 0 Å². The molecule has 2 aliphatic rings. The molecule has 0 atom stereocenters. The molecule has 2 heteroatoms. The average molecular weight is 193 g/mol. The van der Waals surface area contributed by atoms with Gasteiger partial charge < -0.3 is 5.23 Å². The maximum atomic E-state index is 3.82. The highest BCUT2D eigenvalue weighted by Crippen LogP contribution is 2.45. The van der Waals surface area contributed by atoms with Crippen molar-refractivity contribution in [2.45, 2.75) is 69.9 Å². The van der Waals surface area contributed by atoms with Crippen LogP contribution in [-0.4, -0.2) is 13.4 Å². The Morgan fingerprint density at radius 3 is 2.14 bits per heavy atom. The van der Waals surface area contributed by atoms with Crippen LogP contribution >= 0.6 is 0 Å². The molecule has 0 aromatic carbocycles. The summed E-state index contributed by atoms with van der Waals surface area (Å²) in [4.78, 5) is 0. The van der Waals surface area contributed by atoms with Crippen LogP contribution in [-0.2, 0) is 0 Å². The van der Waals surface area contributed by atoms with E-state index in [1.807, 2.05) is 0 Å². The molecule has 0 aromatic rings. The fraction of sp³-hybridized carbons (Fsp3) is 1.00. The minimum atomic E-state index is 0.893. The molecule has 2 rings (SSSR count). The minimum absolute atomic E-state index is 0.893. The summed E-state index contributed by atoms with van der Waals surface area (Å²) >= 11 is 0. The van der Waals surface area contributed by atoms with Crippen molar-refractivity contribution in [1.82, 2.24) is 5.23 Å². The third-order valence-electron chi connectivity index (χ3n) is 4.23. The van der Waals surface area contributed by atoms with E-state index >= 15 is 0 Å². The minimum Gasteiger partial charge on any atom is -0.355 e. The summed E-state index contributed by atoms with van der Waals surface area (Å²) in [6, 6.07) is 0. The first-order chi connectivity index (χ1) is 6.92. The van der Waals surface area contributed by atoms with Gasteiger partial charge in [-0.1, -0.05) is 51.9 Å². The smallest absolute Gasteiger partial charge is 0.226 e. The Balaban J connectivity index is 1.82. The van der Waals surface area contributed by atoms with Gasteiger partial charge in [-0.15, -0.1) is 0 Å². The van der Waals surface area contributed by atoms with Crippen molar-refractivity contribution in [2.24, 2.45) is 0 Å². The van der Waals surface area contributed by atoms with E-state index in [0.29, 0.717) is 0 Å². The Kier molecular flexibility index (Phi) is 3.92. The third-order valence-corrected chi connectivity index (χ3v) is 4.23. The summed E-state index contributed by atoms with van der Waals surface area (Å²) in [5.74, 6) is 2.05. The average Bonchev–Trinajstić information content (AvgIpc) is 2.17. The fourth-order valence-corrected chi connectivity index (χ4v) is 3.46. The van der Waals surface area contributed by atoms with E-state index in [1.165, 1.54) is 57.9 Å². The van der Waals surface area contributed by atoms with Crippen LogP contribution in [0.3, 0.4) is 0 Å². The van der Waals surface area contributed by atoms with Gasteiger partial charge in [-0.2, -0.15) is 0 Å². The molecule has 2 aliphatic heterocycles. The molecular weight excluding hydrogens is 169 g/mol. The van der Waals surface area contributed by atoms with Crippen LogP contribution in [0.4, 0.5) is 0 Å². The van der Waals surface area contributed by atoms with Crippen molar-refractivity contribution in [2.75, 3.05) is 6.54 Å². The molecule has 0 spiro atoms. The van der Waals surface area contributed by atoms with Gasteiger partial charge in [0, 0.05) is 0 Å². The van der Waals surface area contributed by atoms with Gasteiger partial charge in [0.15, 0.2) is 0 Å². The van der Waals surface area contributed by atoms with Gasteiger partial charge >= 0.3 is 0 Å². The number of rotatable bonds is 4. The van der Waals surface area contributed by atoms with Crippen molar-refractivity contribution < 1.29 is 0 Å². The summed E-state index contributed by atoms with van der Waals surface area (Å²) in [7, 11) is 0. The van der Waals surface area contributed by atoms with Crippen LogP contribution in [0.1, 0.15) is 58.3 Å². The Bertz CT molecular complexity index is 150. The Morgan fingerprint density at radius 1 is 1.07 bits per heavy atom. The monoisotopic (exact) mass is 193 g/mol. The predicted octanol–water partition coefficient (Wildman–Crippen LogP) is 3.48. The van der Waals surface area contributed by atoms with Gasteiger partial charge in [0.1, 0.15) is 0 Å². The molecule has 0 radical (unpaired) electrons. The van der Waals surface area contributed by atoms with Gasteiger partial charge in [-0.05, 0) is 24.6 Å².